The van der Waals surface area contributed by atoms with E-state index in [0.29, 0.717) is 24.5 Å². The summed E-state index contributed by atoms with van der Waals surface area (Å²) in [6.07, 6.45) is 0.102. The summed E-state index contributed by atoms with van der Waals surface area (Å²) in [5, 5.41) is 4.51. The molecule has 2 aromatic carbocycles. The molecule has 2 fully saturated rings. The van der Waals surface area contributed by atoms with E-state index in [-0.39, 0.29) is 18.8 Å². The Labute approximate surface area is 171 Å². The second-order valence-corrected chi connectivity index (χ2v) is 7.88. The smallest absolute Gasteiger partial charge is 0.328 e. The lowest BCUT2D eigenvalue weighted by Crippen LogP contribution is -2.74. The van der Waals surface area contributed by atoms with E-state index in [2.05, 4.69) is 10.6 Å². The molecule has 9 heteroatoms. The minimum absolute atomic E-state index is 0.102. The van der Waals surface area contributed by atoms with Gasteiger partial charge < -0.3 is 15.5 Å². The quantitative estimate of drug-likeness (QED) is 0.479. The first kappa shape index (κ1) is 18.4. The van der Waals surface area contributed by atoms with Crippen LogP contribution < -0.4 is 26.2 Å². The van der Waals surface area contributed by atoms with Gasteiger partial charge in [-0.2, -0.15) is 0 Å². The first-order chi connectivity index (χ1) is 14.4. The number of carbonyl (C=O) groups is 3. The monoisotopic (exact) mass is 409 g/mol. The summed E-state index contributed by atoms with van der Waals surface area (Å²) in [4.78, 5) is 41.8. The molecular formula is C21H20FN5O3. The van der Waals surface area contributed by atoms with Gasteiger partial charge in [-0.1, -0.05) is 12.1 Å². The zero-order valence-corrected chi connectivity index (χ0v) is 16.0. The van der Waals surface area contributed by atoms with Crippen molar-refractivity contribution in [3.05, 3.63) is 53.8 Å². The Balaban J connectivity index is 1.63. The SMILES string of the molecule is Nc1ccc2c(c1)CC1(C(=O)NC(=O)NC1=O)C1CN(c3ccccc3F)CCN21. The van der Waals surface area contributed by atoms with E-state index < -0.39 is 29.3 Å². The molecule has 0 aliphatic carbocycles. The summed E-state index contributed by atoms with van der Waals surface area (Å²) in [6.45, 7) is 1.24. The van der Waals surface area contributed by atoms with Gasteiger partial charge in [-0.05, 0) is 42.3 Å². The molecule has 1 spiro atoms. The fraction of sp³-hybridized carbons (Fsp3) is 0.286. The molecule has 2 aromatic rings. The van der Waals surface area contributed by atoms with Crippen LogP contribution in [-0.4, -0.2) is 43.5 Å². The zero-order valence-electron chi connectivity index (χ0n) is 16.0. The number of barbiturate groups is 1. The van der Waals surface area contributed by atoms with Crippen LogP contribution in [0, 0.1) is 11.2 Å². The molecule has 5 rings (SSSR count). The van der Waals surface area contributed by atoms with Crippen molar-refractivity contribution in [2.45, 2.75) is 12.5 Å². The number of piperazine rings is 1. The van der Waals surface area contributed by atoms with Crippen molar-refractivity contribution in [2.24, 2.45) is 5.41 Å². The molecule has 30 heavy (non-hydrogen) atoms. The number of anilines is 3. The molecule has 4 amide bonds. The van der Waals surface area contributed by atoms with E-state index in [1.807, 2.05) is 15.9 Å². The summed E-state index contributed by atoms with van der Waals surface area (Å²) in [5.41, 5.74) is 7.03. The largest absolute Gasteiger partial charge is 0.399 e. The van der Waals surface area contributed by atoms with Gasteiger partial charge in [0.15, 0.2) is 5.41 Å². The van der Waals surface area contributed by atoms with E-state index in [1.165, 1.54) is 6.07 Å². The molecule has 1 unspecified atom stereocenters. The van der Waals surface area contributed by atoms with Crippen LogP contribution in [0.3, 0.4) is 0 Å². The number of hydrogen-bond donors (Lipinski definition) is 3. The predicted molar refractivity (Wildman–Crippen MR) is 108 cm³/mol. The molecular weight excluding hydrogens is 389 g/mol. The highest BCUT2D eigenvalue weighted by Crippen LogP contribution is 2.45. The van der Waals surface area contributed by atoms with Crippen LogP contribution in [0.2, 0.25) is 0 Å². The Morgan fingerprint density at radius 3 is 2.47 bits per heavy atom. The lowest BCUT2D eigenvalue weighted by atomic mass is 9.68. The van der Waals surface area contributed by atoms with Crippen molar-refractivity contribution in [1.29, 1.82) is 0 Å². The van der Waals surface area contributed by atoms with Gasteiger partial charge in [-0.25, -0.2) is 9.18 Å². The van der Waals surface area contributed by atoms with Crippen molar-refractivity contribution < 1.29 is 18.8 Å². The minimum atomic E-state index is -1.53. The number of nitrogens with two attached hydrogens (primary N) is 1. The number of carbonyl (C=O) groups excluding carboxylic acids is 3. The fourth-order valence-corrected chi connectivity index (χ4v) is 4.89. The number of nitrogen functional groups attached to an aromatic ring is 1. The number of hydrogen-bond acceptors (Lipinski definition) is 6. The molecule has 1 atom stereocenters. The average Bonchev–Trinajstić information content (AvgIpc) is 2.71. The molecule has 0 saturated carbocycles. The van der Waals surface area contributed by atoms with Gasteiger partial charge in [-0.15, -0.1) is 0 Å². The van der Waals surface area contributed by atoms with Gasteiger partial charge in [0.05, 0.1) is 11.7 Å². The number of amides is 4. The maximum absolute atomic E-state index is 14.4. The standard InChI is InChI=1S/C21H20FN5O3/c22-14-3-1-2-4-16(14)26-7-8-27-15-6-5-13(23)9-12(15)10-21(17(27)11-26)18(28)24-20(30)25-19(21)29/h1-6,9,17H,7-8,10-11,23H2,(H2,24,25,28,29,30). The van der Waals surface area contributed by atoms with Crippen molar-refractivity contribution in [1.82, 2.24) is 10.6 Å². The third-order valence-electron chi connectivity index (χ3n) is 6.29. The summed E-state index contributed by atoms with van der Waals surface area (Å²) in [6, 6.07) is 10.4. The molecule has 4 N–H and O–H groups in total. The van der Waals surface area contributed by atoms with Gasteiger partial charge in [0.2, 0.25) is 11.8 Å². The lowest BCUT2D eigenvalue weighted by molar-refractivity contribution is -0.146. The Hall–Kier alpha value is -3.62. The highest BCUT2D eigenvalue weighted by Gasteiger charge is 2.60. The second kappa shape index (κ2) is 6.45. The van der Waals surface area contributed by atoms with Gasteiger partial charge in [-0.3, -0.25) is 20.2 Å². The molecule has 3 heterocycles. The first-order valence-electron chi connectivity index (χ1n) is 9.71. The number of imide groups is 2. The van der Waals surface area contributed by atoms with Crippen molar-refractivity contribution >= 4 is 34.9 Å². The summed E-state index contributed by atoms with van der Waals surface area (Å²) in [5.74, 6) is -1.65. The van der Waals surface area contributed by atoms with Crippen LogP contribution in [0.1, 0.15) is 5.56 Å². The Kier molecular flexibility index (Phi) is 3.96. The molecule has 3 aliphatic heterocycles. The van der Waals surface area contributed by atoms with Gasteiger partial charge in [0.1, 0.15) is 5.82 Å². The predicted octanol–water partition coefficient (Wildman–Crippen LogP) is 1.01. The van der Waals surface area contributed by atoms with Gasteiger partial charge >= 0.3 is 6.03 Å². The number of halogens is 1. The van der Waals surface area contributed by atoms with Crippen LogP contribution in [0.25, 0.3) is 0 Å². The molecule has 0 radical (unpaired) electrons. The topological polar surface area (TPSA) is 108 Å². The van der Waals surface area contributed by atoms with Crippen LogP contribution in [0.15, 0.2) is 42.5 Å². The summed E-state index contributed by atoms with van der Waals surface area (Å²) in [7, 11) is 0. The highest BCUT2D eigenvalue weighted by atomic mass is 19.1. The number of nitrogens with zero attached hydrogens (tertiary/aromatic N) is 2. The third-order valence-corrected chi connectivity index (χ3v) is 6.29. The Morgan fingerprint density at radius 2 is 1.73 bits per heavy atom. The van der Waals surface area contributed by atoms with Crippen molar-refractivity contribution in [2.75, 3.05) is 35.2 Å². The fourth-order valence-electron chi connectivity index (χ4n) is 4.89. The van der Waals surface area contributed by atoms with E-state index in [1.54, 1.807) is 30.3 Å². The lowest BCUT2D eigenvalue weighted by Gasteiger charge is -2.54. The number of benzene rings is 2. The van der Waals surface area contributed by atoms with E-state index >= 15 is 0 Å². The van der Waals surface area contributed by atoms with Crippen molar-refractivity contribution in [3.8, 4) is 0 Å². The molecule has 0 aromatic heterocycles. The van der Waals surface area contributed by atoms with Gasteiger partial charge in [0.25, 0.3) is 0 Å². The number of fused-ring (bicyclic) bond motifs is 4. The zero-order chi connectivity index (χ0) is 21.0. The summed E-state index contributed by atoms with van der Waals surface area (Å²) >= 11 is 0. The van der Waals surface area contributed by atoms with E-state index in [9.17, 15) is 18.8 Å². The number of para-hydroxylation sites is 1. The van der Waals surface area contributed by atoms with Crippen LogP contribution >= 0.6 is 0 Å². The second-order valence-electron chi connectivity index (χ2n) is 7.88. The molecule has 8 nitrogen and oxygen atoms in total. The average molecular weight is 409 g/mol. The Bertz CT molecular complexity index is 1070. The summed E-state index contributed by atoms with van der Waals surface area (Å²) < 4.78 is 14.4. The maximum Gasteiger partial charge on any atom is 0.328 e. The Morgan fingerprint density at radius 1 is 1.00 bits per heavy atom. The molecule has 154 valence electrons. The molecule has 0 bridgehead atoms. The normalized spacial score (nSPS) is 22.3. The number of nitrogens with one attached hydrogen (secondary N) is 2. The first-order valence-corrected chi connectivity index (χ1v) is 9.71. The van der Waals surface area contributed by atoms with Crippen LogP contribution in [0.5, 0.6) is 0 Å². The maximum atomic E-state index is 14.4. The van der Waals surface area contributed by atoms with E-state index in [0.717, 1.165) is 11.3 Å². The molecule has 3 aliphatic rings. The van der Waals surface area contributed by atoms with Crippen LogP contribution in [-0.2, 0) is 16.0 Å². The third kappa shape index (κ3) is 2.54. The highest BCUT2D eigenvalue weighted by molar-refractivity contribution is 6.20. The minimum Gasteiger partial charge on any atom is -0.399 e. The van der Waals surface area contributed by atoms with Crippen molar-refractivity contribution in [3.63, 3.8) is 0 Å². The number of rotatable bonds is 1. The van der Waals surface area contributed by atoms with Crippen LogP contribution in [0.4, 0.5) is 26.2 Å². The number of urea groups is 1. The van der Waals surface area contributed by atoms with E-state index in [4.69, 9.17) is 5.73 Å². The molecule has 2 saturated heterocycles. The van der Waals surface area contributed by atoms with Gasteiger partial charge in [0, 0.05) is 31.0 Å².